The molecule has 0 bridgehead atoms. The van der Waals surface area contributed by atoms with Gasteiger partial charge in [-0.2, -0.15) is 0 Å². The Morgan fingerprint density at radius 1 is 1.47 bits per heavy atom. The second-order valence-corrected chi connectivity index (χ2v) is 5.16. The van der Waals surface area contributed by atoms with Crippen molar-refractivity contribution in [2.75, 3.05) is 25.2 Å². The fourth-order valence-corrected chi connectivity index (χ4v) is 2.66. The summed E-state index contributed by atoms with van der Waals surface area (Å²) < 4.78 is 22.5. The molecular formula is C12H19NO3S. The fourth-order valence-electron chi connectivity index (χ4n) is 1.34. The summed E-state index contributed by atoms with van der Waals surface area (Å²) >= 11 is 0. The first kappa shape index (κ1) is 14.0. The summed E-state index contributed by atoms with van der Waals surface area (Å²) in [7, 11) is 0.430. The molecule has 0 heterocycles. The Hall–Kier alpha value is -1.07. The summed E-state index contributed by atoms with van der Waals surface area (Å²) in [6.45, 7) is 4.35. The Bertz CT molecular complexity index is 395. The summed E-state index contributed by atoms with van der Waals surface area (Å²) in [5.41, 5.74) is 6.34. The van der Waals surface area contributed by atoms with E-state index in [4.69, 9.17) is 15.2 Å². The molecule has 0 radical (unpaired) electrons. The van der Waals surface area contributed by atoms with Crippen molar-refractivity contribution in [1.29, 1.82) is 0 Å². The maximum Gasteiger partial charge on any atom is 0.120 e. The van der Waals surface area contributed by atoms with E-state index >= 15 is 0 Å². The maximum atomic E-state index is 12.1. The van der Waals surface area contributed by atoms with Crippen molar-refractivity contribution in [3.63, 3.8) is 0 Å². The Morgan fingerprint density at radius 2 is 2.18 bits per heavy atom. The normalized spacial score (nSPS) is 14.3. The first-order valence-corrected chi connectivity index (χ1v) is 6.83. The van der Waals surface area contributed by atoms with Crippen LogP contribution in [0.2, 0.25) is 0 Å². The Morgan fingerprint density at radius 3 is 2.76 bits per heavy atom. The fraction of sp³-hybridized carbons (Fsp3) is 0.500. The van der Waals surface area contributed by atoms with Gasteiger partial charge in [0.25, 0.3) is 0 Å². The zero-order valence-corrected chi connectivity index (χ0v) is 11.3. The van der Waals surface area contributed by atoms with Gasteiger partial charge in [0.2, 0.25) is 0 Å². The van der Waals surface area contributed by atoms with E-state index in [1.54, 1.807) is 25.3 Å². The number of anilines is 1. The van der Waals surface area contributed by atoms with Gasteiger partial charge in [-0.15, -0.1) is 0 Å². The smallest absolute Gasteiger partial charge is 0.120 e. The van der Waals surface area contributed by atoms with Gasteiger partial charge >= 0.3 is 0 Å². The van der Waals surface area contributed by atoms with Gasteiger partial charge in [-0.25, -0.2) is 0 Å². The van der Waals surface area contributed by atoms with Crippen molar-refractivity contribution in [3.05, 3.63) is 18.2 Å². The second kappa shape index (κ2) is 6.61. The lowest BCUT2D eigenvalue weighted by molar-refractivity contribution is 0.137. The van der Waals surface area contributed by atoms with Crippen molar-refractivity contribution in [3.8, 4) is 5.75 Å². The lowest BCUT2D eigenvalue weighted by Crippen LogP contribution is -2.16. The predicted molar refractivity (Wildman–Crippen MR) is 69.8 cm³/mol. The van der Waals surface area contributed by atoms with Gasteiger partial charge in [0.05, 0.1) is 34.2 Å². The molecule has 0 aliphatic rings. The number of hydrogen-bond donors (Lipinski definition) is 1. The summed E-state index contributed by atoms with van der Waals surface area (Å²) in [5, 5.41) is 0. The molecule has 1 aromatic carbocycles. The molecule has 0 amide bonds. The summed E-state index contributed by atoms with van der Waals surface area (Å²) in [6, 6.07) is 5.23. The van der Waals surface area contributed by atoms with Crippen LogP contribution in [-0.2, 0) is 15.5 Å². The Kier molecular flexibility index (Phi) is 5.44. The summed E-state index contributed by atoms with van der Waals surface area (Å²) in [5.74, 6) is 1.12. The van der Waals surface area contributed by atoms with E-state index in [-0.39, 0.29) is 6.10 Å². The summed E-state index contributed by atoms with van der Waals surface area (Å²) in [4.78, 5) is 0.611. The molecule has 2 N–H and O–H groups in total. The SMILES string of the molecule is CCOc1ccc(N)c(S(=O)CC(C)OC)c1. The number of rotatable bonds is 6. The number of ether oxygens (including phenoxy) is 2. The van der Waals surface area contributed by atoms with Crippen molar-refractivity contribution in [2.24, 2.45) is 0 Å². The third-order valence-electron chi connectivity index (χ3n) is 2.33. The third kappa shape index (κ3) is 4.02. The van der Waals surface area contributed by atoms with Crippen molar-refractivity contribution >= 4 is 16.5 Å². The molecule has 0 aliphatic carbocycles. The first-order chi connectivity index (χ1) is 8.08. The minimum absolute atomic E-state index is 0.0639. The monoisotopic (exact) mass is 257 g/mol. The van der Waals surface area contributed by atoms with Crippen LogP contribution < -0.4 is 10.5 Å². The highest BCUT2D eigenvalue weighted by molar-refractivity contribution is 7.85. The molecule has 0 saturated heterocycles. The van der Waals surface area contributed by atoms with Gasteiger partial charge in [-0.05, 0) is 32.0 Å². The second-order valence-electron chi connectivity index (χ2n) is 3.69. The highest BCUT2D eigenvalue weighted by Crippen LogP contribution is 2.23. The van der Waals surface area contributed by atoms with Gasteiger partial charge in [0.1, 0.15) is 5.75 Å². The lowest BCUT2D eigenvalue weighted by atomic mass is 10.3. The molecule has 0 saturated carbocycles. The van der Waals surface area contributed by atoms with E-state index in [2.05, 4.69) is 0 Å². The largest absolute Gasteiger partial charge is 0.494 e. The van der Waals surface area contributed by atoms with E-state index in [1.165, 1.54) is 0 Å². The van der Waals surface area contributed by atoms with E-state index in [9.17, 15) is 4.21 Å². The molecule has 0 spiro atoms. The number of benzene rings is 1. The van der Waals surface area contributed by atoms with Crippen LogP contribution in [0.3, 0.4) is 0 Å². The van der Waals surface area contributed by atoms with Gasteiger partial charge in [-0.3, -0.25) is 4.21 Å². The molecule has 0 fully saturated rings. The van der Waals surface area contributed by atoms with Crippen LogP contribution in [0.1, 0.15) is 13.8 Å². The quantitative estimate of drug-likeness (QED) is 0.790. The van der Waals surface area contributed by atoms with Crippen molar-refractivity contribution in [2.45, 2.75) is 24.8 Å². The molecule has 5 heteroatoms. The van der Waals surface area contributed by atoms with Crippen molar-refractivity contribution < 1.29 is 13.7 Å². The van der Waals surface area contributed by atoms with Crippen LogP contribution in [0, 0.1) is 0 Å². The highest BCUT2D eigenvalue weighted by atomic mass is 32.2. The van der Waals surface area contributed by atoms with Gasteiger partial charge in [-0.1, -0.05) is 0 Å². The first-order valence-electron chi connectivity index (χ1n) is 5.52. The predicted octanol–water partition coefficient (Wildman–Crippen LogP) is 1.81. The Labute approximate surface area is 105 Å². The van der Waals surface area contributed by atoms with Crippen LogP contribution in [0.4, 0.5) is 5.69 Å². The van der Waals surface area contributed by atoms with Gasteiger partial charge in [0, 0.05) is 12.8 Å². The minimum atomic E-state index is -1.17. The molecule has 0 aliphatic heterocycles. The molecule has 2 atom stereocenters. The molecule has 2 unspecified atom stereocenters. The standard InChI is InChI=1S/C12H19NO3S/c1-4-16-10-5-6-11(13)12(7-10)17(14)8-9(2)15-3/h5-7,9H,4,8,13H2,1-3H3. The maximum absolute atomic E-state index is 12.1. The molecule has 0 aromatic heterocycles. The number of nitrogen functional groups attached to an aromatic ring is 1. The minimum Gasteiger partial charge on any atom is -0.494 e. The van der Waals surface area contributed by atoms with Gasteiger partial charge < -0.3 is 15.2 Å². The van der Waals surface area contributed by atoms with Crippen LogP contribution in [-0.4, -0.2) is 29.8 Å². The topological polar surface area (TPSA) is 61.5 Å². The molecule has 17 heavy (non-hydrogen) atoms. The average molecular weight is 257 g/mol. The van der Waals surface area contributed by atoms with E-state index in [0.29, 0.717) is 28.7 Å². The summed E-state index contributed by atoms with van der Waals surface area (Å²) in [6.07, 6.45) is -0.0639. The van der Waals surface area contributed by atoms with E-state index < -0.39 is 10.8 Å². The molecule has 96 valence electrons. The Balaban J connectivity index is 2.87. The number of nitrogens with two attached hydrogens (primary N) is 1. The van der Waals surface area contributed by atoms with Crippen LogP contribution in [0.25, 0.3) is 0 Å². The van der Waals surface area contributed by atoms with E-state index in [0.717, 1.165) is 0 Å². The van der Waals surface area contributed by atoms with Crippen molar-refractivity contribution in [1.82, 2.24) is 0 Å². The molecular weight excluding hydrogens is 238 g/mol. The van der Waals surface area contributed by atoms with Gasteiger partial charge in [0.15, 0.2) is 0 Å². The van der Waals surface area contributed by atoms with Crippen LogP contribution in [0.15, 0.2) is 23.1 Å². The lowest BCUT2D eigenvalue weighted by Gasteiger charge is -2.12. The number of methoxy groups -OCH3 is 1. The zero-order valence-electron chi connectivity index (χ0n) is 10.4. The van der Waals surface area contributed by atoms with Crippen LogP contribution >= 0.6 is 0 Å². The highest BCUT2D eigenvalue weighted by Gasteiger charge is 2.13. The van der Waals surface area contributed by atoms with E-state index in [1.807, 2.05) is 13.8 Å². The molecule has 1 rings (SSSR count). The number of hydrogen-bond acceptors (Lipinski definition) is 4. The molecule has 1 aromatic rings. The van der Waals surface area contributed by atoms with Crippen LogP contribution in [0.5, 0.6) is 5.75 Å². The molecule has 4 nitrogen and oxygen atoms in total. The average Bonchev–Trinajstić information content (AvgIpc) is 2.31. The third-order valence-corrected chi connectivity index (χ3v) is 3.95. The zero-order chi connectivity index (χ0) is 12.8.